The zero-order chi connectivity index (χ0) is 12.7. The Morgan fingerprint density at radius 2 is 1.44 bits per heavy atom. The highest BCUT2D eigenvalue weighted by Gasteiger charge is 2.27. The average Bonchev–Trinajstić information content (AvgIpc) is 2.05. The smallest absolute Gasteiger partial charge is 0.298 e. The molecule has 10 heteroatoms. The summed E-state index contributed by atoms with van der Waals surface area (Å²) in [7, 11) is -9.74. The summed E-state index contributed by atoms with van der Waals surface area (Å²) in [5.74, 6) is 0. The van der Waals surface area contributed by atoms with Crippen LogP contribution in [0.1, 0.15) is 0 Å². The summed E-state index contributed by atoms with van der Waals surface area (Å²) in [6.07, 6.45) is 0. The third-order valence-corrected chi connectivity index (χ3v) is 3.71. The van der Waals surface area contributed by atoms with Gasteiger partial charge in [-0.3, -0.25) is 9.11 Å². The quantitative estimate of drug-likeness (QED) is 0.406. The molecular formula is C6H8N2O6S2. The number of hydrogen-bond acceptors (Lipinski definition) is 6. The van der Waals surface area contributed by atoms with E-state index < -0.39 is 35.7 Å². The van der Waals surface area contributed by atoms with Crippen molar-refractivity contribution in [2.24, 2.45) is 0 Å². The Bertz CT molecular complexity index is 633. The summed E-state index contributed by atoms with van der Waals surface area (Å²) in [5, 5.41) is 0. The van der Waals surface area contributed by atoms with E-state index in [2.05, 4.69) is 0 Å². The van der Waals surface area contributed by atoms with E-state index in [-0.39, 0.29) is 5.69 Å². The molecule has 0 heterocycles. The van der Waals surface area contributed by atoms with Crippen LogP contribution in [0, 0.1) is 0 Å². The average molecular weight is 268 g/mol. The van der Waals surface area contributed by atoms with Gasteiger partial charge in [-0.15, -0.1) is 0 Å². The molecular weight excluding hydrogens is 260 g/mol. The fourth-order valence-electron chi connectivity index (χ4n) is 1.06. The van der Waals surface area contributed by atoms with E-state index in [4.69, 9.17) is 20.6 Å². The molecule has 0 amide bonds. The molecule has 0 aromatic heterocycles. The van der Waals surface area contributed by atoms with Crippen LogP contribution in [0.2, 0.25) is 0 Å². The summed E-state index contributed by atoms with van der Waals surface area (Å²) in [4.78, 5) is -2.16. The molecule has 0 fully saturated rings. The Morgan fingerprint density at radius 3 is 1.81 bits per heavy atom. The predicted octanol–water partition coefficient (Wildman–Crippen LogP) is -0.656. The van der Waals surface area contributed by atoms with E-state index >= 15 is 0 Å². The topological polar surface area (TPSA) is 161 Å². The summed E-state index contributed by atoms with van der Waals surface area (Å²) < 4.78 is 61.1. The van der Waals surface area contributed by atoms with Gasteiger partial charge in [0.05, 0.1) is 11.4 Å². The van der Waals surface area contributed by atoms with Crippen LogP contribution >= 0.6 is 0 Å². The van der Waals surface area contributed by atoms with Crippen LogP contribution in [0.25, 0.3) is 0 Å². The fraction of sp³-hybridized carbons (Fsp3) is 0. The van der Waals surface area contributed by atoms with Gasteiger partial charge >= 0.3 is 0 Å². The van der Waals surface area contributed by atoms with Crippen molar-refractivity contribution in [2.75, 3.05) is 11.5 Å². The van der Waals surface area contributed by atoms with Crippen molar-refractivity contribution < 1.29 is 25.9 Å². The molecule has 0 aliphatic heterocycles. The molecule has 1 aromatic rings. The first-order valence-corrected chi connectivity index (χ1v) is 6.56. The second kappa shape index (κ2) is 3.59. The van der Waals surface area contributed by atoms with Gasteiger partial charge in [-0.05, 0) is 12.1 Å². The van der Waals surface area contributed by atoms with Crippen LogP contribution in [-0.4, -0.2) is 25.9 Å². The Labute approximate surface area is 91.4 Å². The van der Waals surface area contributed by atoms with Gasteiger partial charge < -0.3 is 11.5 Å². The highest BCUT2D eigenvalue weighted by atomic mass is 32.2. The molecule has 1 rings (SSSR count). The third kappa shape index (κ3) is 2.24. The van der Waals surface area contributed by atoms with Gasteiger partial charge in [0.15, 0.2) is 0 Å². The van der Waals surface area contributed by atoms with Gasteiger partial charge in [-0.25, -0.2) is 0 Å². The van der Waals surface area contributed by atoms with E-state index in [1.165, 1.54) is 0 Å². The molecule has 0 aliphatic rings. The number of rotatable bonds is 2. The standard InChI is InChI=1S/C6H8N2O6S2/c7-3-1-2-4(15(9,10)11)6(5(3)8)16(12,13)14/h1-2H,7-8H2,(H,9,10,11)(H,12,13,14). The molecule has 0 spiro atoms. The largest absolute Gasteiger partial charge is 0.397 e. The van der Waals surface area contributed by atoms with Crippen molar-refractivity contribution in [2.45, 2.75) is 9.79 Å². The lowest BCUT2D eigenvalue weighted by molar-refractivity contribution is 0.467. The van der Waals surface area contributed by atoms with Crippen molar-refractivity contribution in [1.29, 1.82) is 0 Å². The molecule has 0 bridgehead atoms. The van der Waals surface area contributed by atoms with Crippen LogP contribution in [0.4, 0.5) is 11.4 Å². The van der Waals surface area contributed by atoms with Crippen molar-refractivity contribution in [3.05, 3.63) is 12.1 Å². The molecule has 90 valence electrons. The number of hydrogen-bond donors (Lipinski definition) is 4. The highest BCUT2D eigenvalue weighted by molar-refractivity contribution is 7.89. The van der Waals surface area contributed by atoms with Crippen molar-refractivity contribution in [1.82, 2.24) is 0 Å². The van der Waals surface area contributed by atoms with E-state index in [1.807, 2.05) is 0 Å². The lowest BCUT2D eigenvalue weighted by atomic mass is 10.3. The Balaban J connectivity index is 3.88. The van der Waals surface area contributed by atoms with Crippen LogP contribution < -0.4 is 11.5 Å². The first-order valence-electron chi connectivity index (χ1n) is 3.68. The highest BCUT2D eigenvalue weighted by Crippen LogP contribution is 2.30. The summed E-state index contributed by atoms with van der Waals surface area (Å²) in [6, 6.07) is 1.72. The maximum Gasteiger partial charge on any atom is 0.298 e. The van der Waals surface area contributed by atoms with Crippen LogP contribution in [0.5, 0.6) is 0 Å². The maximum absolute atomic E-state index is 10.9. The minimum Gasteiger partial charge on any atom is -0.397 e. The van der Waals surface area contributed by atoms with E-state index in [0.717, 1.165) is 12.1 Å². The summed E-state index contributed by atoms with van der Waals surface area (Å²) in [6.45, 7) is 0. The minimum absolute atomic E-state index is 0.236. The molecule has 0 aliphatic carbocycles. The van der Waals surface area contributed by atoms with Crippen molar-refractivity contribution in [3.8, 4) is 0 Å². The van der Waals surface area contributed by atoms with E-state index in [9.17, 15) is 16.8 Å². The zero-order valence-electron chi connectivity index (χ0n) is 7.65. The lowest BCUT2D eigenvalue weighted by Crippen LogP contribution is -2.12. The minimum atomic E-state index is -4.91. The van der Waals surface area contributed by atoms with Crippen molar-refractivity contribution in [3.63, 3.8) is 0 Å². The summed E-state index contributed by atoms with van der Waals surface area (Å²) in [5.41, 5.74) is 9.60. The monoisotopic (exact) mass is 268 g/mol. The number of nitrogen functional groups attached to an aromatic ring is 2. The SMILES string of the molecule is Nc1ccc(S(=O)(=O)O)c(S(=O)(=O)O)c1N. The first kappa shape index (κ1) is 12.7. The van der Waals surface area contributed by atoms with Gasteiger partial charge in [0.1, 0.15) is 9.79 Å². The molecule has 8 nitrogen and oxygen atoms in total. The molecule has 0 saturated carbocycles. The first-order chi connectivity index (χ1) is 7.05. The maximum atomic E-state index is 10.9. The number of benzene rings is 1. The van der Waals surface area contributed by atoms with E-state index in [1.54, 1.807) is 0 Å². The normalized spacial score (nSPS) is 12.6. The second-order valence-corrected chi connectivity index (χ2v) is 5.59. The Morgan fingerprint density at radius 1 is 0.938 bits per heavy atom. The zero-order valence-corrected chi connectivity index (χ0v) is 9.29. The molecule has 0 atom stereocenters. The third-order valence-electron chi connectivity index (χ3n) is 1.73. The van der Waals surface area contributed by atoms with Crippen molar-refractivity contribution >= 4 is 31.6 Å². The molecule has 1 aromatic carbocycles. The van der Waals surface area contributed by atoms with Gasteiger partial charge in [-0.2, -0.15) is 16.8 Å². The van der Waals surface area contributed by atoms with Gasteiger partial charge in [0.25, 0.3) is 20.2 Å². The molecule has 6 N–H and O–H groups in total. The Kier molecular flexibility index (Phi) is 2.85. The lowest BCUT2D eigenvalue weighted by Gasteiger charge is -2.09. The van der Waals surface area contributed by atoms with Crippen LogP contribution in [0.15, 0.2) is 21.9 Å². The van der Waals surface area contributed by atoms with Crippen LogP contribution in [0.3, 0.4) is 0 Å². The van der Waals surface area contributed by atoms with Crippen LogP contribution in [-0.2, 0) is 20.2 Å². The second-order valence-electron chi connectivity index (χ2n) is 2.85. The van der Waals surface area contributed by atoms with Gasteiger partial charge in [0, 0.05) is 0 Å². The van der Waals surface area contributed by atoms with Gasteiger partial charge in [0.2, 0.25) is 0 Å². The Hall–Kier alpha value is -1.36. The molecule has 0 saturated heterocycles. The fourth-order valence-corrected chi connectivity index (χ4v) is 3.00. The molecule has 0 unspecified atom stereocenters. The summed E-state index contributed by atoms with van der Waals surface area (Å²) >= 11 is 0. The number of anilines is 2. The molecule has 0 radical (unpaired) electrons. The predicted molar refractivity (Wildman–Crippen MR) is 54.9 cm³/mol. The number of nitrogens with two attached hydrogens (primary N) is 2. The molecule has 16 heavy (non-hydrogen) atoms. The van der Waals surface area contributed by atoms with E-state index in [0.29, 0.717) is 0 Å². The van der Waals surface area contributed by atoms with Gasteiger partial charge in [-0.1, -0.05) is 0 Å².